The first-order valence-corrected chi connectivity index (χ1v) is 14.4. The Labute approximate surface area is 229 Å². The van der Waals surface area contributed by atoms with Gasteiger partial charge in [0, 0.05) is 48.9 Å². The number of methoxy groups -OCH3 is 1. The van der Waals surface area contributed by atoms with Crippen molar-refractivity contribution in [1.29, 1.82) is 0 Å². The first kappa shape index (κ1) is 23.4. The third-order valence-corrected chi connectivity index (χ3v) is 10.6. The van der Waals surface area contributed by atoms with Crippen LogP contribution in [0.4, 0.5) is 5.69 Å². The second kappa shape index (κ2) is 8.28. The number of piperazine rings is 1. The fraction of sp³-hybridized carbons (Fsp3) is 0.469. The zero-order valence-corrected chi connectivity index (χ0v) is 23.0. The van der Waals surface area contributed by atoms with E-state index in [1.54, 1.807) is 7.11 Å². The minimum atomic E-state index is -0.108. The molecule has 2 saturated heterocycles. The topological polar surface area (TPSA) is 61.0 Å². The molecule has 0 radical (unpaired) electrons. The average Bonchev–Trinajstić information content (AvgIpc) is 3.49. The molecule has 3 aliphatic heterocycles. The Kier molecular flexibility index (Phi) is 4.97. The third kappa shape index (κ3) is 3.05. The predicted octanol–water partition coefficient (Wildman–Crippen LogP) is 4.10. The highest BCUT2D eigenvalue weighted by Gasteiger charge is 2.65. The molecule has 202 valence electrons. The molecule has 7 heteroatoms. The molecule has 8 rings (SSSR count). The number of carbonyl (C=O) groups excluding carboxylic acids is 1. The molecule has 39 heavy (non-hydrogen) atoms. The van der Waals surface area contributed by atoms with Gasteiger partial charge in [0.15, 0.2) is 11.5 Å². The van der Waals surface area contributed by atoms with Crippen LogP contribution in [-0.4, -0.2) is 73.6 Å². The smallest absolute Gasteiger partial charge is 0.270 e. The number of aromatic amines is 1. The highest BCUT2D eigenvalue weighted by Crippen LogP contribution is 2.67. The van der Waals surface area contributed by atoms with Crippen LogP contribution in [0.25, 0.3) is 0 Å². The first-order chi connectivity index (χ1) is 19.0. The molecule has 2 bridgehead atoms. The summed E-state index contributed by atoms with van der Waals surface area (Å²) in [6.07, 6.45) is 2.98. The summed E-state index contributed by atoms with van der Waals surface area (Å²) in [7, 11) is 4.01. The Balaban J connectivity index is 1.15. The molecule has 1 spiro atoms. The van der Waals surface area contributed by atoms with Gasteiger partial charge in [-0.25, -0.2) is 0 Å². The number of benzene rings is 2. The summed E-state index contributed by atoms with van der Waals surface area (Å²) in [5.41, 5.74) is 8.20. The number of H-pyrrole nitrogens is 1. The van der Waals surface area contributed by atoms with Crippen LogP contribution in [0.2, 0.25) is 0 Å². The highest BCUT2D eigenvalue weighted by atomic mass is 16.5. The van der Waals surface area contributed by atoms with Gasteiger partial charge in [-0.2, -0.15) is 0 Å². The third-order valence-electron chi connectivity index (χ3n) is 10.6. The maximum atomic E-state index is 13.9. The maximum Gasteiger partial charge on any atom is 0.270 e. The molecule has 2 aromatic carbocycles. The van der Waals surface area contributed by atoms with Gasteiger partial charge in [0.05, 0.1) is 12.8 Å². The van der Waals surface area contributed by atoms with Crippen LogP contribution in [0, 0.1) is 12.8 Å². The SMILES string of the molecule is COc1ccc2c3c1O[C@H]1c4[nH]c(C(=O)N5CCN(c6ccccc6)CC5)c(C)c4CC4[C@@H](C2)N(C)CC[C@@]341. The molecule has 1 amide bonds. The quantitative estimate of drug-likeness (QED) is 0.559. The summed E-state index contributed by atoms with van der Waals surface area (Å²) in [5, 5.41) is 0. The number of hydrogen-bond donors (Lipinski definition) is 1. The van der Waals surface area contributed by atoms with Crippen molar-refractivity contribution in [2.45, 2.75) is 43.7 Å². The number of likely N-dealkylation sites (N-methyl/N-ethyl adjacent to an activating group) is 1. The summed E-state index contributed by atoms with van der Waals surface area (Å²) in [4.78, 5) is 24.6. The van der Waals surface area contributed by atoms with Gasteiger partial charge in [0.2, 0.25) is 0 Å². The molecule has 0 saturated carbocycles. The lowest BCUT2D eigenvalue weighted by atomic mass is 9.51. The first-order valence-electron chi connectivity index (χ1n) is 14.4. The Morgan fingerprint density at radius 2 is 1.85 bits per heavy atom. The van der Waals surface area contributed by atoms with Crippen molar-refractivity contribution in [3.63, 3.8) is 0 Å². The molecular formula is C32H36N4O3. The van der Waals surface area contributed by atoms with E-state index in [4.69, 9.17) is 9.47 Å². The fourth-order valence-corrected chi connectivity index (χ4v) is 8.62. The van der Waals surface area contributed by atoms with Crippen LogP contribution in [-0.2, 0) is 18.3 Å². The van der Waals surface area contributed by atoms with Gasteiger partial charge < -0.3 is 29.2 Å². The number of aromatic nitrogens is 1. The van der Waals surface area contributed by atoms with E-state index in [0.29, 0.717) is 12.0 Å². The van der Waals surface area contributed by atoms with Crippen molar-refractivity contribution < 1.29 is 14.3 Å². The number of piperidine rings is 1. The molecule has 4 heterocycles. The monoisotopic (exact) mass is 524 g/mol. The largest absolute Gasteiger partial charge is 0.493 e. The van der Waals surface area contributed by atoms with Gasteiger partial charge in [0.1, 0.15) is 11.8 Å². The molecule has 7 nitrogen and oxygen atoms in total. The van der Waals surface area contributed by atoms with Crippen molar-refractivity contribution in [1.82, 2.24) is 14.8 Å². The number of nitrogens with one attached hydrogen (secondary N) is 1. The average molecular weight is 525 g/mol. The van der Waals surface area contributed by atoms with Crippen molar-refractivity contribution in [3.8, 4) is 11.5 Å². The van der Waals surface area contributed by atoms with Gasteiger partial charge in [-0.05, 0) is 80.6 Å². The minimum Gasteiger partial charge on any atom is -0.493 e. The van der Waals surface area contributed by atoms with Crippen molar-refractivity contribution in [3.05, 3.63) is 76.1 Å². The van der Waals surface area contributed by atoms with Crippen LogP contribution >= 0.6 is 0 Å². The lowest BCUT2D eigenvalue weighted by molar-refractivity contribution is -0.0256. The van der Waals surface area contributed by atoms with Crippen LogP contribution in [0.5, 0.6) is 11.5 Å². The zero-order valence-electron chi connectivity index (χ0n) is 23.0. The van der Waals surface area contributed by atoms with Crippen LogP contribution in [0.1, 0.15) is 51.0 Å². The molecule has 1 unspecified atom stereocenters. The van der Waals surface area contributed by atoms with Crippen LogP contribution in [0.15, 0.2) is 42.5 Å². The number of nitrogens with zero attached hydrogens (tertiary/aromatic N) is 3. The van der Waals surface area contributed by atoms with Crippen molar-refractivity contribution in [2.24, 2.45) is 5.92 Å². The van der Waals surface area contributed by atoms with Gasteiger partial charge in [0.25, 0.3) is 5.91 Å². The maximum absolute atomic E-state index is 13.9. The number of para-hydroxylation sites is 1. The standard InChI is InChI=1S/C32H36N4O3/c1-19-22-18-23-24-17-20-9-10-25(38-3)29-26(20)32(23,11-12-34(24)2)30(39-29)28(22)33-27(19)31(37)36-15-13-35(14-16-36)21-7-5-4-6-8-21/h4-10,23-24,30,33H,11-18H2,1-3H3/t23?,24-,30+,32+/m1/s1. The van der Waals surface area contributed by atoms with Crippen molar-refractivity contribution in [2.75, 3.05) is 51.8 Å². The summed E-state index contributed by atoms with van der Waals surface area (Å²) in [5.74, 6) is 2.33. The van der Waals surface area contributed by atoms with Gasteiger partial charge >= 0.3 is 0 Å². The molecule has 2 aliphatic carbocycles. The van der Waals surface area contributed by atoms with Crippen molar-refractivity contribution >= 4 is 11.6 Å². The molecule has 5 aliphatic rings. The Hall–Kier alpha value is -3.45. The summed E-state index contributed by atoms with van der Waals surface area (Å²) in [6, 6.07) is 15.3. The van der Waals surface area contributed by atoms with E-state index >= 15 is 0 Å². The predicted molar refractivity (Wildman–Crippen MR) is 150 cm³/mol. The molecule has 1 aromatic heterocycles. The van der Waals surface area contributed by atoms with Gasteiger partial charge in [-0.1, -0.05) is 24.3 Å². The van der Waals surface area contributed by atoms with E-state index in [0.717, 1.165) is 80.4 Å². The van der Waals surface area contributed by atoms with E-state index in [1.807, 2.05) is 11.0 Å². The number of rotatable bonds is 3. The number of anilines is 1. The number of likely N-dealkylation sites (tertiary alicyclic amines) is 1. The number of fused-ring (bicyclic) bond motifs is 2. The Bertz CT molecular complexity index is 1470. The summed E-state index contributed by atoms with van der Waals surface area (Å²) in [6.45, 7) is 6.33. The second-order valence-corrected chi connectivity index (χ2v) is 12.1. The lowest BCUT2D eigenvalue weighted by Crippen LogP contribution is -2.62. The lowest BCUT2D eigenvalue weighted by Gasteiger charge is -2.57. The molecule has 2 fully saturated rings. The van der Waals surface area contributed by atoms with E-state index < -0.39 is 0 Å². The fourth-order valence-electron chi connectivity index (χ4n) is 8.62. The molecule has 4 atom stereocenters. The molecule has 1 N–H and O–H groups in total. The summed E-state index contributed by atoms with van der Waals surface area (Å²) >= 11 is 0. The van der Waals surface area contributed by atoms with Gasteiger partial charge in [-0.3, -0.25) is 4.79 Å². The van der Waals surface area contributed by atoms with E-state index in [9.17, 15) is 4.79 Å². The van der Waals surface area contributed by atoms with Crippen LogP contribution < -0.4 is 14.4 Å². The van der Waals surface area contributed by atoms with E-state index in [2.05, 4.69) is 65.2 Å². The second-order valence-electron chi connectivity index (χ2n) is 12.1. The number of amides is 1. The Morgan fingerprint density at radius 1 is 1.05 bits per heavy atom. The molecular weight excluding hydrogens is 488 g/mol. The Morgan fingerprint density at radius 3 is 2.62 bits per heavy atom. The van der Waals surface area contributed by atoms with E-state index in [-0.39, 0.29) is 17.4 Å². The number of ether oxygens (including phenoxy) is 2. The van der Waals surface area contributed by atoms with Gasteiger partial charge in [-0.15, -0.1) is 0 Å². The van der Waals surface area contributed by atoms with E-state index in [1.165, 1.54) is 22.4 Å². The summed E-state index contributed by atoms with van der Waals surface area (Å²) < 4.78 is 12.7. The number of carbonyl (C=O) groups is 1. The normalized spacial score (nSPS) is 28.5. The molecule has 3 aromatic rings. The zero-order chi connectivity index (χ0) is 26.5. The highest BCUT2D eigenvalue weighted by molar-refractivity contribution is 5.95. The van der Waals surface area contributed by atoms with Crippen LogP contribution in [0.3, 0.4) is 0 Å². The minimum absolute atomic E-state index is 0.0689. The number of hydrogen-bond acceptors (Lipinski definition) is 5.